The van der Waals surface area contributed by atoms with Gasteiger partial charge in [0.15, 0.2) is 0 Å². The summed E-state index contributed by atoms with van der Waals surface area (Å²) >= 11 is 0. The van der Waals surface area contributed by atoms with Crippen LogP contribution in [0.5, 0.6) is 0 Å². The molecule has 2 atom stereocenters. The maximum Gasteiger partial charge on any atom is 0.123 e. The Morgan fingerprint density at radius 1 is 1.25 bits per heavy atom. The SMILES string of the molecule is CCCC/C=C\[C@H](C)[C@@H](C)C=O. The Balaban J connectivity index is 3.59. The van der Waals surface area contributed by atoms with Gasteiger partial charge in [0, 0.05) is 5.92 Å². The van der Waals surface area contributed by atoms with Crippen LogP contribution in [0.15, 0.2) is 12.2 Å². The second-order valence-electron chi connectivity index (χ2n) is 3.42. The first-order chi connectivity index (χ1) is 5.72. The molecule has 1 heteroatoms. The lowest BCUT2D eigenvalue weighted by Gasteiger charge is -2.07. The highest BCUT2D eigenvalue weighted by Crippen LogP contribution is 2.10. The van der Waals surface area contributed by atoms with Gasteiger partial charge in [0.1, 0.15) is 6.29 Å². The summed E-state index contributed by atoms with van der Waals surface area (Å²) in [4.78, 5) is 10.4. The van der Waals surface area contributed by atoms with E-state index >= 15 is 0 Å². The zero-order chi connectivity index (χ0) is 9.40. The molecule has 0 heterocycles. The molecule has 12 heavy (non-hydrogen) atoms. The summed E-state index contributed by atoms with van der Waals surface area (Å²) in [5.74, 6) is 0.544. The van der Waals surface area contributed by atoms with Crippen LogP contribution in [0.2, 0.25) is 0 Å². The normalized spacial score (nSPS) is 16.2. The third-order valence-electron chi connectivity index (χ3n) is 2.21. The molecule has 0 N–H and O–H groups in total. The minimum atomic E-state index is 0.155. The molecular formula is C11H20O. The standard InChI is InChI=1S/C11H20O/c1-4-5-6-7-8-10(2)11(3)9-12/h7-11H,4-6H2,1-3H3/b8-7-/t10-,11-/m0/s1. The van der Waals surface area contributed by atoms with Crippen molar-refractivity contribution in [3.05, 3.63) is 12.2 Å². The lowest BCUT2D eigenvalue weighted by atomic mass is 9.97. The highest BCUT2D eigenvalue weighted by Gasteiger charge is 2.05. The zero-order valence-electron chi connectivity index (χ0n) is 8.42. The van der Waals surface area contributed by atoms with Crippen LogP contribution >= 0.6 is 0 Å². The molecule has 0 unspecified atom stereocenters. The predicted molar refractivity (Wildman–Crippen MR) is 53.1 cm³/mol. The number of rotatable bonds is 6. The van der Waals surface area contributed by atoms with Gasteiger partial charge in [-0.1, -0.05) is 45.8 Å². The Kier molecular flexibility index (Phi) is 6.73. The quantitative estimate of drug-likeness (QED) is 0.338. The fraction of sp³-hybridized carbons (Fsp3) is 0.727. The minimum absolute atomic E-state index is 0.155. The third-order valence-corrected chi connectivity index (χ3v) is 2.21. The molecular weight excluding hydrogens is 148 g/mol. The van der Waals surface area contributed by atoms with Crippen molar-refractivity contribution in [3.8, 4) is 0 Å². The van der Waals surface area contributed by atoms with E-state index in [-0.39, 0.29) is 5.92 Å². The van der Waals surface area contributed by atoms with E-state index in [4.69, 9.17) is 0 Å². The van der Waals surface area contributed by atoms with Crippen molar-refractivity contribution in [2.45, 2.75) is 40.0 Å². The lowest BCUT2D eigenvalue weighted by molar-refractivity contribution is -0.111. The largest absolute Gasteiger partial charge is 0.303 e. The van der Waals surface area contributed by atoms with Crippen LogP contribution < -0.4 is 0 Å². The average Bonchev–Trinajstić information content (AvgIpc) is 2.10. The van der Waals surface area contributed by atoms with Gasteiger partial charge in [0.25, 0.3) is 0 Å². The van der Waals surface area contributed by atoms with E-state index < -0.39 is 0 Å². The number of hydrogen-bond acceptors (Lipinski definition) is 1. The molecule has 0 aliphatic rings. The minimum Gasteiger partial charge on any atom is -0.303 e. The van der Waals surface area contributed by atoms with E-state index in [9.17, 15) is 4.79 Å². The summed E-state index contributed by atoms with van der Waals surface area (Å²) in [7, 11) is 0. The topological polar surface area (TPSA) is 17.1 Å². The maximum atomic E-state index is 10.4. The number of hydrogen-bond donors (Lipinski definition) is 0. The van der Waals surface area contributed by atoms with Crippen LogP contribution in [0, 0.1) is 11.8 Å². The Bertz CT molecular complexity index is 138. The summed E-state index contributed by atoms with van der Waals surface area (Å²) in [6.07, 6.45) is 8.99. The van der Waals surface area contributed by atoms with Crippen molar-refractivity contribution in [3.63, 3.8) is 0 Å². The molecule has 0 aliphatic heterocycles. The van der Waals surface area contributed by atoms with Crippen LogP contribution in [0.1, 0.15) is 40.0 Å². The smallest absolute Gasteiger partial charge is 0.123 e. The molecule has 0 spiro atoms. The van der Waals surface area contributed by atoms with Gasteiger partial charge in [-0.25, -0.2) is 0 Å². The molecule has 1 nitrogen and oxygen atoms in total. The zero-order valence-corrected chi connectivity index (χ0v) is 8.42. The molecule has 0 bridgehead atoms. The first-order valence-corrected chi connectivity index (χ1v) is 4.84. The Labute approximate surface area is 75.9 Å². The van der Waals surface area contributed by atoms with Crippen molar-refractivity contribution in [1.82, 2.24) is 0 Å². The molecule has 0 saturated heterocycles. The van der Waals surface area contributed by atoms with Gasteiger partial charge in [0.05, 0.1) is 0 Å². The number of carbonyl (C=O) groups is 1. The third kappa shape index (κ3) is 5.11. The second kappa shape index (κ2) is 7.08. The second-order valence-corrected chi connectivity index (χ2v) is 3.42. The van der Waals surface area contributed by atoms with Crippen molar-refractivity contribution >= 4 is 6.29 Å². The summed E-state index contributed by atoms with van der Waals surface area (Å²) in [6.45, 7) is 6.23. The van der Waals surface area contributed by atoms with Crippen LogP contribution in [0.4, 0.5) is 0 Å². The number of allylic oxidation sites excluding steroid dienone is 2. The van der Waals surface area contributed by atoms with E-state index in [2.05, 4.69) is 26.0 Å². The van der Waals surface area contributed by atoms with Gasteiger partial charge >= 0.3 is 0 Å². The van der Waals surface area contributed by atoms with Crippen LogP contribution in [0.25, 0.3) is 0 Å². The Morgan fingerprint density at radius 2 is 1.92 bits per heavy atom. The van der Waals surface area contributed by atoms with Crippen molar-refractivity contribution in [2.24, 2.45) is 11.8 Å². The van der Waals surface area contributed by atoms with Crippen LogP contribution in [-0.2, 0) is 4.79 Å². The summed E-state index contributed by atoms with van der Waals surface area (Å²) in [6, 6.07) is 0. The summed E-state index contributed by atoms with van der Waals surface area (Å²) < 4.78 is 0. The van der Waals surface area contributed by atoms with Gasteiger partial charge in [-0.15, -0.1) is 0 Å². The van der Waals surface area contributed by atoms with Gasteiger partial charge in [-0.05, 0) is 12.3 Å². The van der Waals surface area contributed by atoms with E-state index in [0.29, 0.717) is 5.92 Å². The van der Waals surface area contributed by atoms with E-state index in [1.54, 1.807) is 0 Å². The number of unbranched alkanes of at least 4 members (excludes halogenated alkanes) is 2. The summed E-state index contributed by atoms with van der Waals surface area (Å²) in [5.41, 5.74) is 0. The monoisotopic (exact) mass is 168 g/mol. The van der Waals surface area contributed by atoms with E-state index in [1.807, 2.05) is 6.92 Å². The van der Waals surface area contributed by atoms with Crippen molar-refractivity contribution in [1.29, 1.82) is 0 Å². The Hall–Kier alpha value is -0.590. The average molecular weight is 168 g/mol. The number of aldehydes is 1. The van der Waals surface area contributed by atoms with Gasteiger partial charge in [-0.2, -0.15) is 0 Å². The summed E-state index contributed by atoms with van der Waals surface area (Å²) in [5, 5.41) is 0. The Morgan fingerprint density at radius 3 is 2.42 bits per heavy atom. The molecule has 70 valence electrons. The van der Waals surface area contributed by atoms with Gasteiger partial charge in [0.2, 0.25) is 0 Å². The fourth-order valence-corrected chi connectivity index (χ4v) is 0.932. The highest BCUT2D eigenvalue weighted by atomic mass is 16.1. The molecule has 0 rings (SSSR count). The maximum absolute atomic E-state index is 10.4. The predicted octanol–water partition coefficient (Wildman–Crippen LogP) is 3.20. The molecule has 0 aliphatic carbocycles. The molecule has 0 aromatic heterocycles. The van der Waals surface area contributed by atoms with Crippen LogP contribution in [-0.4, -0.2) is 6.29 Å². The van der Waals surface area contributed by atoms with Crippen molar-refractivity contribution in [2.75, 3.05) is 0 Å². The first kappa shape index (κ1) is 11.4. The van der Waals surface area contributed by atoms with E-state index in [0.717, 1.165) is 12.7 Å². The molecule has 0 aromatic carbocycles. The fourth-order valence-electron chi connectivity index (χ4n) is 0.932. The highest BCUT2D eigenvalue weighted by molar-refractivity contribution is 5.53. The lowest BCUT2D eigenvalue weighted by Crippen LogP contribution is -2.05. The van der Waals surface area contributed by atoms with Gasteiger partial charge in [-0.3, -0.25) is 0 Å². The van der Waals surface area contributed by atoms with Gasteiger partial charge < -0.3 is 4.79 Å². The van der Waals surface area contributed by atoms with Crippen LogP contribution in [0.3, 0.4) is 0 Å². The number of carbonyl (C=O) groups excluding carboxylic acids is 1. The molecule has 0 fully saturated rings. The van der Waals surface area contributed by atoms with E-state index in [1.165, 1.54) is 12.8 Å². The van der Waals surface area contributed by atoms with Crippen molar-refractivity contribution < 1.29 is 4.79 Å². The molecule has 0 radical (unpaired) electrons. The first-order valence-electron chi connectivity index (χ1n) is 4.84. The molecule has 0 saturated carbocycles. The molecule has 0 amide bonds. The molecule has 0 aromatic rings.